The van der Waals surface area contributed by atoms with Gasteiger partial charge in [-0.15, -0.1) is 0 Å². The van der Waals surface area contributed by atoms with Crippen molar-refractivity contribution in [3.05, 3.63) is 71.3 Å². The van der Waals surface area contributed by atoms with Crippen LogP contribution in [0.3, 0.4) is 0 Å². The lowest BCUT2D eigenvalue weighted by Gasteiger charge is -2.11. The third-order valence-electron chi connectivity index (χ3n) is 4.58. The number of hydrogen-bond acceptors (Lipinski definition) is 6. The van der Waals surface area contributed by atoms with Crippen molar-refractivity contribution in [1.82, 2.24) is 20.4 Å². The highest BCUT2D eigenvalue weighted by Crippen LogP contribution is 2.15. The second-order valence-electron chi connectivity index (χ2n) is 6.70. The average Bonchev–Trinajstić information content (AvgIpc) is 3.44. The van der Waals surface area contributed by atoms with Gasteiger partial charge in [-0.05, 0) is 43.6 Å². The molecule has 0 saturated carbocycles. The van der Waals surface area contributed by atoms with Gasteiger partial charge in [0.15, 0.2) is 11.6 Å². The number of carbonyl (C=O) groups is 1. The van der Waals surface area contributed by atoms with E-state index in [0.29, 0.717) is 23.9 Å². The van der Waals surface area contributed by atoms with Crippen LogP contribution in [0.4, 0.5) is 0 Å². The van der Waals surface area contributed by atoms with Crippen molar-refractivity contribution in [2.45, 2.75) is 32.4 Å². The fourth-order valence-corrected chi connectivity index (χ4v) is 3.20. The van der Waals surface area contributed by atoms with E-state index < -0.39 is 0 Å². The number of amides is 1. The first-order valence-corrected chi connectivity index (χ1v) is 9.21. The quantitative estimate of drug-likeness (QED) is 0.692. The highest BCUT2D eigenvalue weighted by molar-refractivity contribution is 5.91. The van der Waals surface area contributed by atoms with Crippen molar-refractivity contribution in [2.24, 2.45) is 0 Å². The van der Waals surface area contributed by atoms with Gasteiger partial charge >= 0.3 is 0 Å². The topological polar surface area (TPSA) is 84.4 Å². The Morgan fingerprint density at radius 3 is 2.74 bits per heavy atom. The number of rotatable bonds is 7. The number of nitrogens with zero attached hydrogens (tertiary/aromatic N) is 3. The molecule has 140 valence electrons. The van der Waals surface area contributed by atoms with E-state index in [4.69, 9.17) is 8.94 Å². The summed E-state index contributed by atoms with van der Waals surface area (Å²) < 4.78 is 10.9. The van der Waals surface area contributed by atoms with E-state index in [1.54, 1.807) is 6.07 Å². The zero-order chi connectivity index (χ0) is 18.5. The summed E-state index contributed by atoms with van der Waals surface area (Å²) in [5.74, 6) is 1.79. The summed E-state index contributed by atoms with van der Waals surface area (Å²) in [7, 11) is 0. The van der Waals surface area contributed by atoms with Gasteiger partial charge in [0.2, 0.25) is 5.89 Å². The second kappa shape index (κ2) is 8.18. The third-order valence-corrected chi connectivity index (χ3v) is 4.58. The normalized spacial score (nSPS) is 14.5. The van der Waals surface area contributed by atoms with Gasteiger partial charge < -0.3 is 14.3 Å². The van der Waals surface area contributed by atoms with Gasteiger partial charge in [0.1, 0.15) is 5.76 Å². The van der Waals surface area contributed by atoms with Gasteiger partial charge in [-0.2, -0.15) is 4.98 Å². The van der Waals surface area contributed by atoms with E-state index in [9.17, 15) is 4.79 Å². The predicted octanol–water partition coefficient (Wildman–Crippen LogP) is 2.78. The maximum atomic E-state index is 12.3. The molecule has 0 unspecified atom stereocenters. The molecule has 0 spiro atoms. The fourth-order valence-electron chi connectivity index (χ4n) is 3.20. The van der Waals surface area contributed by atoms with Gasteiger partial charge in [0, 0.05) is 6.42 Å². The SMILES string of the molecule is O=C(NCc1nc(Cc2ccccc2)no1)c1ccc(CN2CCCC2)o1. The Morgan fingerprint density at radius 1 is 1.11 bits per heavy atom. The first kappa shape index (κ1) is 17.5. The highest BCUT2D eigenvalue weighted by atomic mass is 16.5. The molecule has 2 aromatic heterocycles. The van der Waals surface area contributed by atoms with Crippen LogP contribution in [0.25, 0.3) is 0 Å². The van der Waals surface area contributed by atoms with E-state index in [0.717, 1.165) is 31.0 Å². The number of carbonyl (C=O) groups excluding carboxylic acids is 1. The molecular weight excluding hydrogens is 344 g/mol. The molecule has 0 atom stereocenters. The van der Waals surface area contributed by atoms with E-state index in [1.165, 1.54) is 12.8 Å². The van der Waals surface area contributed by atoms with E-state index >= 15 is 0 Å². The van der Waals surface area contributed by atoms with E-state index in [-0.39, 0.29) is 12.5 Å². The molecule has 1 aliphatic heterocycles. The Hall–Kier alpha value is -2.93. The van der Waals surface area contributed by atoms with Crippen molar-refractivity contribution in [2.75, 3.05) is 13.1 Å². The number of hydrogen-bond donors (Lipinski definition) is 1. The van der Waals surface area contributed by atoms with Crippen LogP contribution < -0.4 is 5.32 Å². The molecule has 1 aliphatic rings. The predicted molar refractivity (Wildman–Crippen MR) is 97.9 cm³/mol. The lowest BCUT2D eigenvalue weighted by atomic mass is 10.1. The minimum atomic E-state index is -0.287. The maximum absolute atomic E-state index is 12.3. The van der Waals surface area contributed by atoms with Crippen LogP contribution in [0.15, 0.2) is 51.4 Å². The van der Waals surface area contributed by atoms with E-state index in [1.807, 2.05) is 36.4 Å². The zero-order valence-corrected chi connectivity index (χ0v) is 15.1. The Balaban J connectivity index is 1.28. The number of aromatic nitrogens is 2. The van der Waals surface area contributed by atoms with Crippen LogP contribution >= 0.6 is 0 Å². The Bertz CT molecular complexity index is 882. The van der Waals surface area contributed by atoms with Crippen molar-refractivity contribution in [3.63, 3.8) is 0 Å². The largest absolute Gasteiger partial charge is 0.455 e. The molecule has 3 aromatic rings. The summed E-state index contributed by atoms with van der Waals surface area (Å²) >= 11 is 0. The lowest BCUT2D eigenvalue weighted by molar-refractivity contribution is 0.0915. The summed E-state index contributed by atoms with van der Waals surface area (Å²) in [6.07, 6.45) is 3.05. The molecule has 27 heavy (non-hydrogen) atoms. The Kier molecular flexibility index (Phi) is 5.29. The number of furan rings is 1. The molecule has 7 heteroatoms. The van der Waals surface area contributed by atoms with Crippen LogP contribution in [0.2, 0.25) is 0 Å². The zero-order valence-electron chi connectivity index (χ0n) is 15.1. The number of nitrogens with one attached hydrogen (secondary N) is 1. The molecule has 1 fully saturated rings. The minimum Gasteiger partial charge on any atom is -0.455 e. The lowest BCUT2D eigenvalue weighted by Crippen LogP contribution is -2.22. The fraction of sp³-hybridized carbons (Fsp3) is 0.350. The summed E-state index contributed by atoms with van der Waals surface area (Å²) in [5.41, 5.74) is 1.11. The molecule has 7 nitrogen and oxygen atoms in total. The molecule has 1 saturated heterocycles. The minimum absolute atomic E-state index is 0.169. The van der Waals surface area contributed by atoms with Gasteiger partial charge in [-0.1, -0.05) is 35.5 Å². The van der Waals surface area contributed by atoms with Crippen LogP contribution in [0.5, 0.6) is 0 Å². The van der Waals surface area contributed by atoms with Crippen LogP contribution in [0.1, 0.15) is 46.4 Å². The first-order chi connectivity index (χ1) is 13.3. The monoisotopic (exact) mass is 366 g/mol. The molecule has 3 heterocycles. The summed E-state index contributed by atoms with van der Waals surface area (Å²) in [6, 6.07) is 13.5. The van der Waals surface area contributed by atoms with Crippen molar-refractivity contribution >= 4 is 5.91 Å². The van der Waals surface area contributed by atoms with E-state index in [2.05, 4.69) is 20.4 Å². The third kappa shape index (κ3) is 4.62. The average molecular weight is 366 g/mol. The standard InChI is InChI=1S/C20H22N4O3/c25-20(17-9-8-16(26-17)14-24-10-4-5-11-24)21-13-19-22-18(23-27-19)12-15-6-2-1-3-7-15/h1-3,6-9H,4-5,10-14H2,(H,21,25). The maximum Gasteiger partial charge on any atom is 0.287 e. The molecule has 1 amide bonds. The van der Waals surface area contributed by atoms with Crippen molar-refractivity contribution < 1.29 is 13.7 Å². The first-order valence-electron chi connectivity index (χ1n) is 9.21. The molecule has 1 aromatic carbocycles. The molecule has 0 bridgehead atoms. The van der Waals surface area contributed by atoms with Crippen molar-refractivity contribution in [1.29, 1.82) is 0 Å². The van der Waals surface area contributed by atoms with Crippen LogP contribution in [0, 0.1) is 0 Å². The number of benzene rings is 1. The molecule has 0 radical (unpaired) electrons. The van der Waals surface area contributed by atoms with Crippen LogP contribution in [-0.4, -0.2) is 34.0 Å². The molecule has 4 rings (SSSR count). The smallest absolute Gasteiger partial charge is 0.287 e. The van der Waals surface area contributed by atoms with Crippen molar-refractivity contribution in [3.8, 4) is 0 Å². The number of likely N-dealkylation sites (tertiary alicyclic amines) is 1. The van der Waals surface area contributed by atoms with Gasteiger partial charge in [-0.25, -0.2) is 0 Å². The molecule has 0 aliphatic carbocycles. The summed E-state index contributed by atoms with van der Waals surface area (Å²) in [4.78, 5) is 18.9. The Morgan fingerprint density at radius 2 is 1.93 bits per heavy atom. The second-order valence-corrected chi connectivity index (χ2v) is 6.70. The van der Waals surface area contributed by atoms with Gasteiger partial charge in [0.25, 0.3) is 5.91 Å². The Labute approximate surface area is 157 Å². The summed E-state index contributed by atoms with van der Waals surface area (Å²) in [6.45, 7) is 3.10. The molecule has 1 N–H and O–H groups in total. The summed E-state index contributed by atoms with van der Waals surface area (Å²) in [5, 5.41) is 6.71. The highest BCUT2D eigenvalue weighted by Gasteiger charge is 2.17. The van der Waals surface area contributed by atoms with Gasteiger partial charge in [-0.3, -0.25) is 9.69 Å². The van der Waals surface area contributed by atoms with Crippen LogP contribution in [-0.2, 0) is 19.5 Å². The van der Waals surface area contributed by atoms with Gasteiger partial charge in [0.05, 0.1) is 13.1 Å². The molecular formula is C20H22N4O3.